The maximum atomic E-state index is 11.4. The number of carboxylic acid groups (broad SMARTS) is 1. The highest BCUT2D eigenvalue weighted by Gasteiger charge is 2.20. The molecule has 94 valence electrons. The second-order valence-electron chi connectivity index (χ2n) is 3.19. The summed E-state index contributed by atoms with van der Waals surface area (Å²) in [7, 11) is 1.31. The Morgan fingerprint density at radius 2 is 2.22 bits per heavy atom. The van der Waals surface area contributed by atoms with E-state index in [0.29, 0.717) is 15.7 Å². The van der Waals surface area contributed by atoms with Gasteiger partial charge in [-0.1, -0.05) is 11.3 Å². The van der Waals surface area contributed by atoms with Gasteiger partial charge in [0.05, 0.1) is 12.5 Å². The average molecular weight is 285 g/mol. The Balaban J connectivity index is 2.20. The summed E-state index contributed by atoms with van der Waals surface area (Å²) in [5.41, 5.74) is 0.680. The SMILES string of the molecule is COC(=O)c1sccc1Nc1[nH+]c(C(=O)O)cs1. The van der Waals surface area contributed by atoms with Crippen molar-refractivity contribution in [2.75, 3.05) is 12.4 Å². The van der Waals surface area contributed by atoms with Crippen LogP contribution >= 0.6 is 22.7 Å². The Kier molecular flexibility index (Phi) is 3.58. The predicted octanol–water partition coefficient (Wildman–Crippen LogP) is 1.85. The number of nitrogens with one attached hydrogen (secondary N) is 2. The second-order valence-corrected chi connectivity index (χ2v) is 4.98. The highest BCUT2D eigenvalue weighted by Crippen LogP contribution is 2.26. The molecule has 0 bridgehead atoms. The first kappa shape index (κ1) is 12.5. The molecule has 0 aliphatic heterocycles. The lowest BCUT2D eigenvalue weighted by atomic mass is 10.4. The normalized spacial score (nSPS) is 10.1. The number of thiophene rings is 1. The van der Waals surface area contributed by atoms with Gasteiger partial charge < -0.3 is 9.84 Å². The molecule has 2 heterocycles. The fourth-order valence-corrected chi connectivity index (χ4v) is 2.74. The van der Waals surface area contributed by atoms with Crippen molar-refractivity contribution in [3.63, 3.8) is 0 Å². The van der Waals surface area contributed by atoms with Gasteiger partial charge in [-0.05, 0) is 11.4 Å². The van der Waals surface area contributed by atoms with E-state index in [2.05, 4.69) is 15.0 Å². The van der Waals surface area contributed by atoms with Crippen molar-refractivity contribution in [2.24, 2.45) is 0 Å². The Morgan fingerprint density at radius 1 is 1.44 bits per heavy atom. The summed E-state index contributed by atoms with van der Waals surface area (Å²) in [4.78, 5) is 25.3. The molecule has 0 radical (unpaired) electrons. The largest absolute Gasteiger partial charge is 0.475 e. The van der Waals surface area contributed by atoms with Crippen LogP contribution in [-0.2, 0) is 4.74 Å². The highest BCUT2D eigenvalue weighted by atomic mass is 32.1. The quantitative estimate of drug-likeness (QED) is 0.837. The number of esters is 1. The maximum absolute atomic E-state index is 11.4. The number of thiazole rings is 1. The first-order valence-corrected chi connectivity index (χ1v) is 6.54. The van der Waals surface area contributed by atoms with Crippen LogP contribution in [0.15, 0.2) is 16.8 Å². The number of aromatic nitrogens is 1. The fraction of sp³-hybridized carbons (Fsp3) is 0.100. The van der Waals surface area contributed by atoms with Crippen molar-refractivity contribution < 1.29 is 24.4 Å². The molecule has 2 aromatic rings. The minimum Gasteiger partial charge on any atom is -0.475 e. The molecular weight excluding hydrogens is 276 g/mol. The molecule has 0 aliphatic carbocycles. The summed E-state index contributed by atoms with van der Waals surface area (Å²) in [5.74, 6) is -1.46. The number of carboxylic acids is 1. The van der Waals surface area contributed by atoms with Gasteiger partial charge in [-0.2, -0.15) is 0 Å². The average Bonchev–Trinajstić information content (AvgIpc) is 2.97. The first-order valence-electron chi connectivity index (χ1n) is 4.78. The molecule has 18 heavy (non-hydrogen) atoms. The van der Waals surface area contributed by atoms with Crippen LogP contribution in [0.1, 0.15) is 20.2 Å². The van der Waals surface area contributed by atoms with Crippen molar-refractivity contribution in [1.29, 1.82) is 0 Å². The van der Waals surface area contributed by atoms with Crippen molar-refractivity contribution in [3.05, 3.63) is 27.4 Å². The third kappa shape index (κ3) is 2.49. The molecule has 0 saturated heterocycles. The summed E-state index contributed by atoms with van der Waals surface area (Å²) in [5, 5.41) is 15.5. The highest BCUT2D eigenvalue weighted by molar-refractivity contribution is 7.14. The summed E-state index contributed by atoms with van der Waals surface area (Å²) >= 11 is 2.46. The molecule has 8 heteroatoms. The van der Waals surface area contributed by atoms with E-state index in [0.717, 1.165) is 0 Å². The van der Waals surface area contributed by atoms with Gasteiger partial charge >= 0.3 is 17.1 Å². The number of H-pyrrole nitrogens is 1. The van der Waals surface area contributed by atoms with Gasteiger partial charge in [0.15, 0.2) is 10.6 Å². The number of rotatable bonds is 4. The topological polar surface area (TPSA) is 89.8 Å². The van der Waals surface area contributed by atoms with Gasteiger partial charge in [0.2, 0.25) is 5.69 Å². The van der Waals surface area contributed by atoms with E-state index in [-0.39, 0.29) is 5.69 Å². The number of hydrogen-bond donors (Lipinski definition) is 2. The smallest absolute Gasteiger partial charge is 0.376 e. The second kappa shape index (κ2) is 5.15. The molecule has 0 atom stereocenters. The lowest BCUT2D eigenvalue weighted by Gasteiger charge is -1.97. The van der Waals surface area contributed by atoms with Gasteiger partial charge in [0, 0.05) is 0 Å². The first-order chi connectivity index (χ1) is 8.61. The lowest BCUT2D eigenvalue weighted by molar-refractivity contribution is -0.359. The number of ether oxygens (including phenoxy) is 1. The molecule has 2 aromatic heterocycles. The summed E-state index contributed by atoms with van der Waals surface area (Å²) in [6.07, 6.45) is 0. The number of hydrogen-bond acceptors (Lipinski definition) is 6. The maximum Gasteiger partial charge on any atom is 0.376 e. The zero-order valence-electron chi connectivity index (χ0n) is 9.22. The number of aromatic carboxylic acids is 1. The molecular formula is C10H9N2O4S2+. The van der Waals surface area contributed by atoms with Crippen LogP contribution in [0.25, 0.3) is 0 Å². The van der Waals surface area contributed by atoms with Crippen LogP contribution in [0.4, 0.5) is 10.8 Å². The van der Waals surface area contributed by atoms with E-state index in [1.807, 2.05) is 0 Å². The van der Waals surface area contributed by atoms with Crippen molar-refractivity contribution in [3.8, 4) is 0 Å². The molecule has 3 N–H and O–H groups in total. The van der Waals surface area contributed by atoms with Crippen LogP contribution in [0.3, 0.4) is 0 Å². The minimum absolute atomic E-state index is 0.0948. The third-order valence-corrected chi connectivity index (χ3v) is 3.75. The molecule has 0 aromatic carbocycles. The van der Waals surface area contributed by atoms with E-state index in [1.165, 1.54) is 35.2 Å². The molecule has 0 spiro atoms. The van der Waals surface area contributed by atoms with Gasteiger partial charge in [0.25, 0.3) is 0 Å². The van der Waals surface area contributed by atoms with Crippen molar-refractivity contribution >= 4 is 45.4 Å². The van der Waals surface area contributed by atoms with Gasteiger partial charge in [-0.3, -0.25) is 0 Å². The fourth-order valence-electron chi connectivity index (χ4n) is 1.24. The molecule has 0 aliphatic rings. The Hall–Kier alpha value is -1.93. The summed E-state index contributed by atoms with van der Waals surface area (Å²) < 4.78 is 4.65. The standard InChI is InChI=1S/C10H8N2O4S2/c1-16-9(15)7-5(2-3-17-7)11-10-12-6(4-18-10)8(13)14/h2-4H,1H3,(H,11,12)(H,13,14)/p+1. The van der Waals surface area contributed by atoms with Crippen LogP contribution in [0, 0.1) is 0 Å². The number of aromatic amines is 1. The monoisotopic (exact) mass is 285 g/mol. The third-order valence-electron chi connectivity index (χ3n) is 2.06. The Labute approximate surface area is 110 Å². The van der Waals surface area contributed by atoms with E-state index >= 15 is 0 Å². The Morgan fingerprint density at radius 3 is 2.83 bits per heavy atom. The van der Waals surface area contributed by atoms with E-state index in [4.69, 9.17) is 5.11 Å². The number of carbonyl (C=O) groups excluding carboxylic acids is 1. The van der Waals surface area contributed by atoms with Crippen molar-refractivity contribution in [1.82, 2.24) is 0 Å². The molecule has 6 nitrogen and oxygen atoms in total. The Bertz CT molecular complexity index is 590. The van der Waals surface area contributed by atoms with Gasteiger partial charge in [-0.25, -0.2) is 19.9 Å². The lowest BCUT2D eigenvalue weighted by Crippen LogP contribution is -2.15. The number of anilines is 2. The number of methoxy groups -OCH3 is 1. The van der Waals surface area contributed by atoms with Crippen LogP contribution in [0.5, 0.6) is 0 Å². The zero-order valence-corrected chi connectivity index (χ0v) is 10.9. The van der Waals surface area contributed by atoms with E-state index in [1.54, 1.807) is 11.4 Å². The summed E-state index contributed by atoms with van der Waals surface area (Å²) in [6.45, 7) is 0. The summed E-state index contributed by atoms with van der Waals surface area (Å²) in [6, 6.07) is 1.73. The van der Waals surface area contributed by atoms with Crippen LogP contribution < -0.4 is 10.3 Å². The molecule has 0 amide bonds. The molecule has 2 rings (SSSR count). The van der Waals surface area contributed by atoms with Crippen LogP contribution in [-0.4, -0.2) is 24.2 Å². The molecule has 0 fully saturated rings. The van der Waals surface area contributed by atoms with Gasteiger partial charge in [0.1, 0.15) is 0 Å². The predicted molar refractivity (Wildman–Crippen MR) is 66.8 cm³/mol. The molecule has 0 unspecified atom stereocenters. The number of carbonyl (C=O) groups is 2. The van der Waals surface area contributed by atoms with E-state index in [9.17, 15) is 9.59 Å². The van der Waals surface area contributed by atoms with E-state index < -0.39 is 11.9 Å². The zero-order chi connectivity index (χ0) is 13.1. The minimum atomic E-state index is -1.03. The van der Waals surface area contributed by atoms with Crippen LogP contribution in [0.2, 0.25) is 0 Å². The molecule has 0 saturated carbocycles. The van der Waals surface area contributed by atoms with Crippen molar-refractivity contribution in [2.45, 2.75) is 0 Å². The van der Waals surface area contributed by atoms with Gasteiger partial charge in [-0.15, -0.1) is 11.3 Å².